The minimum Gasteiger partial charge on any atom is -0.391 e. The number of thiophene rings is 1. The van der Waals surface area contributed by atoms with Gasteiger partial charge in [-0.25, -0.2) is 0 Å². The summed E-state index contributed by atoms with van der Waals surface area (Å²) in [5, 5.41) is 16.3. The van der Waals surface area contributed by atoms with E-state index in [9.17, 15) is 14.7 Å². The number of rotatable bonds is 5. The number of hydrogen-bond donors (Lipinski definition) is 2. The van der Waals surface area contributed by atoms with Crippen molar-refractivity contribution in [3.63, 3.8) is 0 Å². The van der Waals surface area contributed by atoms with Crippen LogP contribution in [0.2, 0.25) is 0 Å². The van der Waals surface area contributed by atoms with Crippen molar-refractivity contribution in [2.24, 2.45) is 0 Å². The first kappa shape index (κ1) is 16.0. The monoisotopic (exact) mass is 310 g/mol. The maximum atomic E-state index is 12.1. The van der Waals surface area contributed by atoms with Crippen molar-refractivity contribution in [2.75, 3.05) is 13.6 Å². The zero-order valence-electron chi connectivity index (χ0n) is 12.2. The van der Waals surface area contributed by atoms with Gasteiger partial charge in [-0.1, -0.05) is 12.8 Å². The molecule has 2 atom stereocenters. The van der Waals surface area contributed by atoms with Gasteiger partial charge in [0.15, 0.2) is 0 Å². The number of nitrogens with zero attached hydrogens (tertiary/aromatic N) is 1. The highest BCUT2D eigenvalue weighted by Gasteiger charge is 2.28. The largest absolute Gasteiger partial charge is 0.391 e. The van der Waals surface area contributed by atoms with Crippen molar-refractivity contribution in [2.45, 2.75) is 44.2 Å². The predicted molar refractivity (Wildman–Crippen MR) is 82.3 cm³/mol. The third-order valence-electron chi connectivity index (χ3n) is 3.99. The molecule has 1 aliphatic rings. The first-order valence-corrected chi connectivity index (χ1v) is 8.28. The SMILES string of the molecule is CN(C(=O)CCNC(=O)c1ccsc1)C1CCCCC1O. The van der Waals surface area contributed by atoms with Gasteiger partial charge in [-0.15, -0.1) is 0 Å². The molecule has 5 nitrogen and oxygen atoms in total. The maximum Gasteiger partial charge on any atom is 0.252 e. The highest BCUT2D eigenvalue weighted by molar-refractivity contribution is 7.08. The molecule has 0 saturated heterocycles. The Hall–Kier alpha value is -1.40. The standard InChI is InChI=1S/C15H22N2O3S/c1-17(12-4-2-3-5-13(12)18)14(19)6-8-16-15(20)11-7-9-21-10-11/h7,9-10,12-13,18H,2-6,8H2,1H3,(H,16,20). The molecule has 1 fully saturated rings. The lowest BCUT2D eigenvalue weighted by molar-refractivity contribution is -0.135. The van der Waals surface area contributed by atoms with Crippen molar-refractivity contribution < 1.29 is 14.7 Å². The number of aliphatic hydroxyl groups is 1. The van der Waals surface area contributed by atoms with Gasteiger partial charge in [0, 0.05) is 31.0 Å². The number of carbonyl (C=O) groups excluding carboxylic acids is 2. The van der Waals surface area contributed by atoms with Gasteiger partial charge in [0.05, 0.1) is 12.1 Å². The normalized spacial score (nSPS) is 21.8. The number of hydrogen-bond acceptors (Lipinski definition) is 4. The maximum absolute atomic E-state index is 12.1. The Kier molecular flexibility index (Phi) is 5.76. The molecule has 1 aromatic rings. The summed E-state index contributed by atoms with van der Waals surface area (Å²) in [6, 6.07) is 1.67. The molecule has 0 spiro atoms. The smallest absolute Gasteiger partial charge is 0.252 e. The molecule has 116 valence electrons. The highest BCUT2D eigenvalue weighted by atomic mass is 32.1. The summed E-state index contributed by atoms with van der Waals surface area (Å²) >= 11 is 1.47. The summed E-state index contributed by atoms with van der Waals surface area (Å²) in [7, 11) is 1.74. The quantitative estimate of drug-likeness (QED) is 0.868. The molecular formula is C15H22N2O3S. The average molecular weight is 310 g/mol. The van der Waals surface area contributed by atoms with Gasteiger partial charge in [0.2, 0.25) is 5.91 Å². The zero-order chi connectivity index (χ0) is 15.2. The van der Waals surface area contributed by atoms with E-state index in [4.69, 9.17) is 0 Å². The van der Waals surface area contributed by atoms with E-state index in [-0.39, 0.29) is 24.3 Å². The highest BCUT2D eigenvalue weighted by Crippen LogP contribution is 2.22. The van der Waals surface area contributed by atoms with Crippen LogP contribution in [0.4, 0.5) is 0 Å². The Morgan fingerprint density at radius 1 is 1.43 bits per heavy atom. The number of nitrogens with one attached hydrogen (secondary N) is 1. The average Bonchev–Trinajstić information content (AvgIpc) is 3.01. The number of amides is 2. The van der Waals surface area contributed by atoms with E-state index in [1.165, 1.54) is 11.3 Å². The van der Waals surface area contributed by atoms with Crippen molar-refractivity contribution in [1.29, 1.82) is 0 Å². The van der Waals surface area contributed by atoms with Crippen LogP contribution >= 0.6 is 11.3 Å². The lowest BCUT2D eigenvalue weighted by Crippen LogP contribution is -2.46. The molecule has 1 aliphatic carbocycles. The van der Waals surface area contributed by atoms with E-state index in [0.717, 1.165) is 25.7 Å². The van der Waals surface area contributed by atoms with Crippen LogP contribution in [0.15, 0.2) is 16.8 Å². The van der Waals surface area contributed by atoms with Crippen LogP contribution in [0.3, 0.4) is 0 Å². The summed E-state index contributed by atoms with van der Waals surface area (Å²) in [5.74, 6) is -0.184. The Morgan fingerprint density at radius 2 is 2.19 bits per heavy atom. The minimum absolute atomic E-state index is 0.0356. The van der Waals surface area contributed by atoms with Crippen molar-refractivity contribution in [1.82, 2.24) is 10.2 Å². The molecule has 0 radical (unpaired) electrons. The summed E-state index contributed by atoms with van der Waals surface area (Å²) in [6.07, 6.45) is 3.52. The molecule has 6 heteroatoms. The van der Waals surface area contributed by atoms with Crippen LogP contribution in [-0.4, -0.2) is 47.6 Å². The summed E-state index contributed by atoms with van der Waals surface area (Å²) < 4.78 is 0. The van der Waals surface area contributed by atoms with Crippen molar-refractivity contribution in [3.05, 3.63) is 22.4 Å². The molecule has 1 heterocycles. The topological polar surface area (TPSA) is 69.6 Å². The van der Waals surface area contributed by atoms with Crippen LogP contribution in [0.25, 0.3) is 0 Å². The van der Waals surface area contributed by atoms with E-state index in [1.54, 1.807) is 23.4 Å². The Balaban J connectivity index is 1.75. The molecule has 1 saturated carbocycles. The molecule has 2 unspecified atom stereocenters. The number of aliphatic hydroxyl groups excluding tert-OH is 1. The van der Waals surface area contributed by atoms with Gasteiger partial charge in [-0.2, -0.15) is 11.3 Å². The number of carbonyl (C=O) groups is 2. The summed E-state index contributed by atoms with van der Waals surface area (Å²) in [6.45, 7) is 0.320. The van der Waals surface area contributed by atoms with E-state index in [2.05, 4.69) is 5.32 Å². The first-order valence-electron chi connectivity index (χ1n) is 7.33. The fraction of sp³-hybridized carbons (Fsp3) is 0.600. The third-order valence-corrected chi connectivity index (χ3v) is 4.68. The molecule has 2 N–H and O–H groups in total. The van der Waals surface area contributed by atoms with Gasteiger partial charge in [0.1, 0.15) is 0 Å². The fourth-order valence-electron chi connectivity index (χ4n) is 2.68. The van der Waals surface area contributed by atoms with Crippen LogP contribution < -0.4 is 5.32 Å². The van der Waals surface area contributed by atoms with Crippen molar-refractivity contribution >= 4 is 23.2 Å². The van der Waals surface area contributed by atoms with Gasteiger partial charge in [0.25, 0.3) is 5.91 Å². The van der Waals surface area contributed by atoms with Crippen LogP contribution in [-0.2, 0) is 4.79 Å². The summed E-state index contributed by atoms with van der Waals surface area (Å²) in [4.78, 5) is 25.5. The molecular weight excluding hydrogens is 288 g/mol. The zero-order valence-corrected chi connectivity index (χ0v) is 13.1. The summed E-state index contributed by atoms with van der Waals surface area (Å²) in [5.41, 5.74) is 0.628. The van der Waals surface area contributed by atoms with Crippen LogP contribution in [0.1, 0.15) is 42.5 Å². The van der Waals surface area contributed by atoms with Gasteiger partial charge >= 0.3 is 0 Å². The van der Waals surface area contributed by atoms with E-state index in [1.807, 2.05) is 5.38 Å². The van der Waals surface area contributed by atoms with Gasteiger partial charge < -0.3 is 15.3 Å². The Bertz CT molecular complexity index is 475. The molecule has 0 aromatic carbocycles. The second kappa shape index (κ2) is 7.56. The van der Waals surface area contributed by atoms with E-state index in [0.29, 0.717) is 12.1 Å². The predicted octanol–water partition coefficient (Wildman–Crippen LogP) is 1.63. The molecule has 2 amide bonds. The van der Waals surface area contributed by atoms with E-state index < -0.39 is 6.10 Å². The van der Waals surface area contributed by atoms with Gasteiger partial charge in [-0.3, -0.25) is 9.59 Å². The minimum atomic E-state index is -0.423. The van der Waals surface area contributed by atoms with Gasteiger partial charge in [-0.05, 0) is 24.3 Å². The van der Waals surface area contributed by atoms with Crippen molar-refractivity contribution in [3.8, 4) is 0 Å². The molecule has 21 heavy (non-hydrogen) atoms. The molecule has 1 aromatic heterocycles. The molecule has 0 bridgehead atoms. The lowest BCUT2D eigenvalue weighted by atomic mass is 9.91. The second-order valence-electron chi connectivity index (χ2n) is 5.44. The molecule has 2 rings (SSSR count). The second-order valence-corrected chi connectivity index (χ2v) is 6.22. The molecule has 0 aliphatic heterocycles. The van der Waals surface area contributed by atoms with E-state index >= 15 is 0 Å². The van der Waals surface area contributed by atoms with Crippen LogP contribution in [0, 0.1) is 0 Å². The lowest BCUT2D eigenvalue weighted by Gasteiger charge is -2.35. The first-order chi connectivity index (χ1) is 10.1. The third kappa shape index (κ3) is 4.28. The Morgan fingerprint density at radius 3 is 2.86 bits per heavy atom. The fourth-order valence-corrected chi connectivity index (χ4v) is 3.32. The number of likely N-dealkylation sites (N-methyl/N-ethyl adjacent to an activating group) is 1. The Labute approximate surface area is 129 Å². The van der Waals surface area contributed by atoms with Crippen LogP contribution in [0.5, 0.6) is 0 Å².